The molecule has 2 N–H and O–H groups in total. The van der Waals surface area contributed by atoms with Crippen molar-refractivity contribution in [1.29, 1.82) is 0 Å². The predicted molar refractivity (Wildman–Crippen MR) is 118 cm³/mol. The largest absolute Gasteiger partial charge is 0.493 e. The first-order valence-corrected chi connectivity index (χ1v) is 11.0. The molecular formula is C24H38N2O4. The van der Waals surface area contributed by atoms with Crippen LogP contribution < -0.4 is 15.2 Å². The van der Waals surface area contributed by atoms with E-state index in [-0.39, 0.29) is 18.1 Å². The molecule has 2 aliphatic rings. The van der Waals surface area contributed by atoms with Gasteiger partial charge in [0.25, 0.3) is 0 Å². The minimum Gasteiger partial charge on any atom is -0.493 e. The summed E-state index contributed by atoms with van der Waals surface area (Å²) < 4.78 is 25.1. The van der Waals surface area contributed by atoms with Crippen LogP contribution in [0, 0.1) is 17.7 Å². The maximum absolute atomic E-state index is 12.8. The Balaban J connectivity index is 1.88. The summed E-state index contributed by atoms with van der Waals surface area (Å²) in [5.41, 5.74) is 8.51. The molecule has 0 radical (unpaired) electrons. The number of nitrogens with two attached hydrogens (primary N) is 1. The first-order chi connectivity index (χ1) is 14.5. The number of rotatable bonds is 7. The molecule has 0 bridgehead atoms. The van der Waals surface area contributed by atoms with E-state index < -0.39 is 17.9 Å². The molecule has 0 aliphatic carbocycles. The first kappa shape index (κ1) is 21.4. The summed E-state index contributed by atoms with van der Waals surface area (Å²) in [4.78, 5) is 15.3. The number of nitrogens with zero attached hydrogens (tertiary/aromatic N) is 1. The number of carbonyl (C=O) groups excluding carboxylic acids is 1. The van der Waals surface area contributed by atoms with Gasteiger partial charge < -0.3 is 19.9 Å². The topological polar surface area (TPSA) is 74.0 Å². The number of ether oxygens (including phenoxy) is 3. The Hall–Kier alpha value is -1.79. The van der Waals surface area contributed by atoms with Gasteiger partial charge in [-0.05, 0) is 47.9 Å². The molecule has 4 unspecified atom stereocenters. The van der Waals surface area contributed by atoms with Crippen molar-refractivity contribution in [3.63, 3.8) is 0 Å². The van der Waals surface area contributed by atoms with Crippen LogP contribution in [0.4, 0.5) is 0 Å². The molecule has 3 rings (SSSR count). The lowest BCUT2D eigenvalue weighted by Crippen LogP contribution is -2.51. The summed E-state index contributed by atoms with van der Waals surface area (Å²) in [6.07, 6.45) is 2.45. The van der Waals surface area contributed by atoms with Gasteiger partial charge in [-0.25, -0.2) is 0 Å². The van der Waals surface area contributed by atoms with Gasteiger partial charge in [-0.3, -0.25) is 9.69 Å². The zero-order valence-corrected chi connectivity index (χ0v) is 19.2. The van der Waals surface area contributed by atoms with Crippen molar-refractivity contribution in [2.24, 2.45) is 23.5 Å². The van der Waals surface area contributed by atoms with Gasteiger partial charge in [0.05, 0.1) is 14.2 Å². The summed E-state index contributed by atoms with van der Waals surface area (Å²) in [6.45, 7) is 9.54. The van der Waals surface area contributed by atoms with Crippen LogP contribution in [0.3, 0.4) is 0 Å². The highest BCUT2D eigenvalue weighted by Crippen LogP contribution is 2.44. The summed E-state index contributed by atoms with van der Waals surface area (Å²) >= 11 is 0. The Bertz CT molecular complexity index is 793. The maximum atomic E-state index is 12.8. The van der Waals surface area contributed by atoms with Crippen LogP contribution in [-0.4, -0.2) is 50.3 Å². The minimum atomic E-state index is -1.08. The van der Waals surface area contributed by atoms with E-state index in [0.717, 1.165) is 43.9 Å². The summed E-state index contributed by atoms with van der Waals surface area (Å²) in [5, 5.41) is 0. The molecule has 4 atom stereocenters. The van der Waals surface area contributed by atoms with E-state index in [1.54, 1.807) is 28.1 Å². The summed E-state index contributed by atoms with van der Waals surface area (Å²) in [7, 11) is 3.31. The van der Waals surface area contributed by atoms with Crippen LogP contribution in [0.25, 0.3) is 0 Å². The smallest absolute Gasteiger partial charge is 0.323 e. The third-order valence-corrected chi connectivity index (χ3v) is 6.48. The van der Waals surface area contributed by atoms with E-state index in [1.165, 1.54) is 11.1 Å². The van der Waals surface area contributed by atoms with Crippen molar-refractivity contribution < 1.29 is 20.4 Å². The standard InChI is InChI=1S/C24H38N2O4/c1-14(2)9-17-13-26-8-7-16-10-21(28-5)22(29-6)11-18(16)19(26)12-20(17)30-24(27)23(25)15(3)4/h10-11,14-15,17,19-20,23H,7-9,12-13,25H2,1-6H3/i15D. The van der Waals surface area contributed by atoms with Gasteiger partial charge in [0.15, 0.2) is 11.5 Å². The summed E-state index contributed by atoms with van der Waals surface area (Å²) in [6, 6.07) is 3.34. The lowest BCUT2D eigenvalue weighted by Gasteiger charge is -2.47. The number of esters is 1. The molecule has 1 aromatic rings. The van der Waals surface area contributed by atoms with Gasteiger partial charge in [0.2, 0.25) is 0 Å². The average Bonchev–Trinajstić information content (AvgIpc) is 2.71. The van der Waals surface area contributed by atoms with Crippen LogP contribution >= 0.6 is 0 Å². The van der Waals surface area contributed by atoms with Crippen molar-refractivity contribution in [3.8, 4) is 11.5 Å². The fraction of sp³-hybridized carbons (Fsp3) is 0.708. The monoisotopic (exact) mass is 419 g/mol. The SMILES string of the molecule is [2H]C(C)(C)C(N)C(=O)OC1CC2c3cc(OC)c(OC)cc3CCN2CC1CC(C)C. The van der Waals surface area contributed by atoms with Crippen LogP contribution in [0.5, 0.6) is 11.5 Å². The molecule has 1 aromatic carbocycles. The van der Waals surface area contributed by atoms with Crippen LogP contribution in [0.2, 0.25) is 0 Å². The van der Waals surface area contributed by atoms with Crippen molar-refractivity contribution in [2.75, 3.05) is 27.3 Å². The first-order valence-electron chi connectivity index (χ1n) is 11.5. The molecule has 168 valence electrons. The predicted octanol–water partition coefficient (Wildman–Crippen LogP) is 3.56. The molecule has 0 spiro atoms. The van der Waals surface area contributed by atoms with Crippen LogP contribution in [0.15, 0.2) is 12.1 Å². The Labute approximate surface area is 182 Å². The number of benzene rings is 1. The minimum absolute atomic E-state index is 0.157. The van der Waals surface area contributed by atoms with Crippen molar-refractivity contribution in [2.45, 2.75) is 65.1 Å². The molecule has 0 amide bonds. The number of methoxy groups -OCH3 is 2. The Morgan fingerprint density at radius 3 is 2.50 bits per heavy atom. The second kappa shape index (κ2) is 9.56. The van der Waals surface area contributed by atoms with E-state index >= 15 is 0 Å². The Morgan fingerprint density at radius 2 is 1.90 bits per heavy atom. The normalized spacial score (nSPS) is 25.7. The molecule has 30 heavy (non-hydrogen) atoms. The van der Waals surface area contributed by atoms with Gasteiger partial charge in [0, 0.05) is 32.8 Å². The zero-order valence-electron chi connectivity index (χ0n) is 20.2. The second-order valence-corrected chi connectivity index (χ2v) is 9.32. The highest BCUT2D eigenvalue weighted by Gasteiger charge is 2.41. The molecule has 6 nitrogen and oxygen atoms in total. The van der Waals surface area contributed by atoms with Gasteiger partial charge in [-0.2, -0.15) is 0 Å². The zero-order chi connectivity index (χ0) is 22.9. The van der Waals surface area contributed by atoms with E-state index in [4.69, 9.17) is 21.3 Å². The number of hydrogen-bond donors (Lipinski definition) is 1. The quantitative estimate of drug-likeness (QED) is 0.681. The molecular weight excluding hydrogens is 380 g/mol. The van der Waals surface area contributed by atoms with E-state index in [9.17, 15) is 4.79 Å². The average molecular weight is 420 g/mol. The van der Waals surface area contributed by atoms with Crippen molar-refractivity contribution in [1.82, 2.24) is 4.90 Å². The molecule has 1 saturated heterocycles. The molecule has 0 aromatic heterocycles. The van der Waals surface area contributed by atoms with Crippen molar-refractivity contribution in [3.05, 3.63) is 23.3 Å². The lowest BCUT2D eigenvalue weighted by atomic mass is 9.79. The van der Waals surface area contributed by atoms with Crippen LogP contribution in [-0.2, 0) is 16.0 Å². The van der Waals surface area contributed by atoms with Gasteiger partial charge in [-0.15, -0.1) is 0 Å². The Morgan fingerprint density at radius 1 is 1.23 bits per heavy atom. The van der Waals surface area contributed by atoms with E-state index in [0.29, 0.717) is 5.92 Å². The van der Waals surface area contributed by atoms with Crippen LogP contribution in [0.1, 0.15) is 59.1 Å². The van der Waals surface area contributed by atoms with E-state index in [2.05, 4.69) is 30.9 Å². The van der Waals surface area contributed by atoms with Gasteiger partial charge in [0.1, 0.15) is 12.1 Å². The van der Waals surface area contributed by atoms with Gasteiger partial charge >= 0.3 is 5.97 Å². The molecule has 2 aliphatic heterocycles. The number of fused-ring (bicyclic) bond motifs is 3. The second-order valence-electron chi connectivity index (χ2n) is 9.32. The third-order valence-electron chi connectivity index (χ3n) is 6.48. The third kappa shape index (κ3) is 4.75. The highest BCUT2D eigenvalue weighted by atomic mass is 16.5. The molecule has 1 fully saturated rings. The molecule has 2 heterocycles. The van der Waals surface area contributed by atoms with Crippen molar-refractivity contribution >= 4 is 5.97 Å². The van der Waals surface area contributed by atoms with E-state index in [1.807, 2.05) is 0 Å². The maximum Gasteiger partial charge on any atom is 0.323 e. The van der Waals surface area contributed by atoms with Gasteiger partial charge in [-0.1, -0.05) is 27.7 Å². The highest BCUT2D eigenvalue weighted by molar-refractivity contribution is 5.76. The number of carbonyl (C=O) groups is 1. The fourth-order valence-electron chi connectivity index (χ4n) is 4.84. The fourth-order valence-corrected chi connectivity index (χ4v) is 4.84. The Kier molecular flexibility index (Phi) is 6.84. The molecule has 0 saturated carbocycles. The summed E-state index contributed by atoms with van der Waals surface area (Å²) in [5.74, 6) is 0.671. The lowest BCUT2D eigenvalue weighted by molar-refractivity contribution is -0.160. The number of piperidine rings is 1. The molecule has 6 heteroatoms. The number of hydrogen-bond acceptors (Lipinski definition) is 6.